The first kappa shape index (κ1) is 14.3. The van der Waals surface area contributed by atoms with Gasteiger partial charge in [-0.3, -0.25) is 4.79 Å². The highest BCUT2D eigenvalue weighted by Gasteiger charge is 2.17. The number of hydrogen-bond donors (Lipinski definition) is 2. The molecule has 0 atom stereocenters. The Bertz CT molecular complexity index is 1080. The van der Waals surface area contributed by atoms with Gasteiger partial charge in [0, 0.05) is 28.0 Å². The summed E-state index contributed by atoms with van der Waals surface area (Å²) in [7, 11) is 1.51. The maximum atomic E-state index is 12.8. The van der Waals surface area contributed by atoms with E-state index in [2.05, 4.69) is 9.97 Å². The van der Waals surface area contributed by atoms with Gasteiger partial charge in [-0.15, -0.1) is 0 Å². The van der Waals surface area contributed by atoms with E-state index in [1.54, 1.807) is 12.1 Å². The molecule has 0 amide bonds. The highest BCUT2D eigenvalue weighted by atomic mass is 16.5. The number of nitrogens with zero attached hydrogens (tertiary/aromatic N) is 1. The van der Waals surface area contributed by atoms with E-state index in [-0.39, 0.29) is 17.1 Å². The number of phenolic OH excluding ortho intramolecular Hbond substituents is 1. The summed E-state index contributed by atoms with van der Waals surface area (Å²) in [6.07, 6.45) is 1.51. The molecule has 4 aromatic rings. The first-order chi connectivity index (χ1) is 11.7. The number of pyridine rings is 1. The van der Waals surface area contributed by atoms with Gasteiger partial charge in [-0.1, -0.05) is 18.2 Å². The van der Waals surface area contributed by atoms with Gasteiger partial charge >= 0.3 is 0 Å². The van der Waals surface area contributed by atoms with Crippen LogP contribution in [-0.4, -0.2) is 28.0 Å². The molecule has 2 aromatic heterocycles. The predicted molar refractivity (Wildman–Crippen MR) is 91.7 cm³/mol. The highest BCUT2D eigenvalue weighted by molar-refractivity contribution is 6.14. The van der Waals surface area contributed by atoms with Gasteiger partial charge in [0.1, 0.15) is 17.1 Å². The molecule has 0 unspecified atom stereocenters. The molecular weight excluding hydrogens is 304 g/mol. The second kappa shape index (κ2) is 5.38. The summed E-state index contributed by atoms with van der Waals surface area (Å²) in [6, 6.07) is 14.2. The first-order valence-corrected chi connectivity index (χ1v) is 7.45. The number of methoxy groups -OCH3 is 1. The number of ketones is 1. The zero-order chi connectivity index (χ0) is 16.7. The van der Waals surface area contributed by atoms with Gasteiger partial charge < -0.3 is 14.8 Å². The van der Waals surface area contributed by atoms with E-state index in [1.165, 1.54) is 25.4 Å². The van der Waals surface area contributed by atoms with Crippen molar-refractivity contribution in [2.24, 2.45) is 0 Å². The SMILES string of the molecule is COc1ccc(O)c(C(=O)c2cnc3[nH]c4ccccc4c3c2)c1. The molecule has 2 aromatic carbocycles. The van der Waals surface area contributed by atoms with Crippen LogP contribution in [0, 0.1) is 0 Å². The first-order valence-electron chi connectivity index (χ1n) is 7.45. The van der Waals surface area contributed by atoms with Crippen LogP contribution in [0.25, 0.3) is 21.9 Å². The van der Waals surface area contributed by atoms with Gasteiger partial charge in [0.25, 0.3) is 0 Å². The van der Waals surface area contributed by atoms with Crippen LogP contribution >= 0.6 is 0 Å². The summed E-state index contributed by atoms with van der Waals surface area (Å²) in [6.45, 7) is 0. The molecule has 4 rings (SSSR count). The van der Waals surface area contributed by atoms with E-state index in [1.807, 2.05) is 24.3 Å². The number of rotatable bonds is 3. The molecule has 0 fully saturated rings. The van der Waals surface area contributed by atoms with Crippen molar-refractivity contribution >= 4 is 27.7 Å². The van der Waals surface area contributed by atoms with E-state index in [4.69, 9.17) is 4.74 Å². The minimum absolute atomic E-state index is 0.0835. The average Bonchev–Trinajstić information content (AvgIpc) is 2.99. The summed E-state index contributed by atoms with van der Waals surface area (Å²) >= 11 is 0. The Labute approximate surface area is 137 Å². The molecular formula is C19H14N2O3. The second-order valence-corrected chi connectivity index (χ2v) is 5.50. The summed E-state index contributed by atoms with van der Waals surface area (Å²) in [5.74, 6) is 0.128. The number of ether oxygens (including phenoxy) is 1. The number of para-hydroxylation sites is 1. The number of aromatic hydroxyl groups is 1. The summed E-state index contributed by atoms with van der Waals surface area (Å²) in [5, 5.41) is 11.9. The van der Waals surface area contributed by atoms with Crippen LogP contribution in [0.4, 0.5) is 0 Å². The Hall–Kier alpha value is -3.34. The van der Waals surface area contributed by atoms with E-state index in [0.29, 0.717) is 11.3 Å². The monoisotopic (exact) mass is 318 g/mol. The topological polar surface area (TPSA) is 75.2 Å². The van der Waals surface area contributed by atoms with Gasteiger partial charge in [0.05, 0.1) is 12.7 Å². The van der Waals surface area contributed by atoms with E-state index < -0.39 is 0 Å². The van der Waals surface area contributed by atoms with Crippen molar-refractivity contribution in [2.75, 3.05) is 7.11 Å². The van der Waals surface area contributed by atoms with Crippen molar-refractivity contribution in [3.05, 3.63) is 65.9 Å². The lowest BCUT2D eigenvalue weighted by molar-refractivity contribution is 0.103. The van der Waals surface area contributed by atoms with Crippen molar-refractivity contribution < 1.29 is 14.6 Å². The van der Waals surface area contributed by atoms with Crippen LogP contribution in [-0.2, 0) is 0 Å². The van der Waals surface area contributed by atoms with Crippen molar-refractivity contribution in [2.45, 2.75) is 0 Å². The average molecular weight is 318 g/mol. The smallest absolute Gasteiger partial charge is 0.198 e. The van der Waals surface area contributed by atoms with Gasteiger partial charge in [-0.2, -0.15) is 0 Å². The van der Waals surface area contributed by atoms with Crippen molar-refractivity contribution in [3.63, 3.8) is 0 Å². The van der Waals surface area contributed by atoms with E-state index >= 15 is 0 Å². The normalized spacial score (nSPS) is 11.0. The molecule has 0 aliphatic heterocycles. The number of hydrogen-bond acceptors (Lipinski definition) is 4. The zero-order valence-corrected chi connectivity index (χ0v) is 12.9. The van der Waals surface area contributed by atoms with Crippen LogP contribution in [0.1, 0.15) is 15.9 Å². The largest absolute Gasteiger partial charge is 0.507 e. The third-order valence-electron chi connectivity index (χ3n) is 4.07. The third kappa shape index (κ3) is 2.18. The lowest BCUT2D eigenvalue weighted by Gasteiger charge is -2.06. The number of nitrogens with one attached hydrogen (secondary N) is 1. The molecule has 0 spiro atoms. The number of carbonyl (C=O) groups is 1. The van der Waals surface area contributed by atoms with Crippen LogP contribution in [0.2, 0.25) is 0 Å². The van der Waals surface area contributed by atoms with Crippen molar-refractivity contribution in [3.8, 4) is 11.5 Å². The molecule has 2 N–H and O–H groups in total. The molecule has 5 nitrogen and oxygen atoms in total. The van der Waals surface area contributed by atoms with Gasteiger partial charge in [-0.25, -0.2) is 4.98 Å². The van der Waals surface area contributed by atoms with Crippen LogP contribution in [0.5, 0.6) is 11.5 Å². The Morgan fingerprint density at radius 1 is 1.12 bits per heavy atom. The number of carbonyl (C=O) groups excluding carboxylic acids is 1. The highest BCUT2D eigenvalue weighted by Crippen LogP contribution is 2.28. The molecule has 0 saturated carbocycles. The molecule has 0 saturated heterocycles. The summed E-state index contributed by atoms with van der Waals surface area (Å²) < 4.78 is 5.13. The molecule has 0 aliphatic carbocycles. The lowest BCUT2D eigenvalue weighted by atomic mass is 10.0. The Morgan fingerprint density at radius 2 is 1.96 bits per heavy atom. The van der Waals surface area contributed by atoms with E-state index in [9.17, 15) is 9.90 Å². The maximum absolute atomic E-state index is 12.8. The quantitative estimate of drug-likeness (QED) is 0.565. The Morgan fingerprint density at radius 3 is 2.79 bits per heavy atom. The second-order valence-electron chi connectivity index (χ2n) is 5.50. The molecule has 0 radical (unpaired) electrons. The van der Waals surface area contributed by atoms with Crippen LogP contribution in [0.15, 0.2) is 54.7 Å². The standard InChI is InChI=1S/C19H14N2O3/c1-24-12-6-7-17(22)15(9-12)18(23)11-8-14-13-4-2-3-5-16(13)21-19(14)20-10-11/h2-10,22H,1H3,(H,20,21). The minimum atomic E-state index is -0.300. The zero-order valence-electron chi connectivity index (χ0n) is 12.9. The Balaban J connectivity index is 1.87. The van der Waals surface area contributed by atoms with Gasteiger partial charge in [0.2, 0.25) is 0 Å². The number of fused-ring (bicyclic) bond motifs is 3. The fourth-order valence-electron chi connectivity index (χ4n) is 2.83. The fraction of sp³-hybridized carbons (Fsp3) is 0.0526. The van der Waals surface area contributed by atoms with Crippen LogP contribution < -0.4 is 4.74 Å². The summed E-state index contributed by atoms with van der Waals surface area (Å²) in [5.41, 5.74) is 2.29. The minimum Gasteiger partial charge on any atom is -0.507 e. The third-order valence-corrected chi connectivity index (χ3v) is 4.07. The number of aromatic nitrogens is 2. The number of phenols is 1. The molecule has 2 heterocycles. The van der Waals surface area contributed by atoms with Crippen LogP contribution in [0.3, 0.4) is 0 Å². The van der Waals surface area contributed by atoms with Crippen molar-refractivity contribution in [1.29, 1.82) is 0 Å². The molecule has 0 bridgehead atoms. The van der Waals surface area contributed by atoms with Gasteiger partial charge in [-0.05, 0) is 30.3 Å². The fourth-order valence-corrected chi connectivity index (χ4v) is 2.83. The van der Waals surface area contributed by atoms with E-state index in [0.717, 1.165) is 21.9 Å². The lowest BCUT2D eigenvalue weighted by Crippen LogP contribution is -2.03. The molecule has 0 aliphatic rings. The molecule has 118 valence electrons. The van der Waals surface area contributed by atoms with Crippen molar-refractivity contribution in [1.82, 2.24) is 9.97 Å². The predicted octanol–water partition coefficient (Wildman–Crippen LogP) is 3.66. The number of benzene rings is 2. The number of aromatic amines is 1. The molecule has 5 heteroatoms. The Kier molecular flexibility index (Phi) is 3.20. The summed E-state index contributed by atoms with van der Waals surface area (Å²) in [4.78, 5) is 20.3. The number of H-pyrrole nitrogens is 1. The molecule has 24 heavy (non-hydrogen) atoms. The maximum Gasteiger partial charge on any atom is 0.198 e. The van der Waals surface area contributed by atoms with Gasteiger partial charge in [0.15, 0.2) is 5.78 Å².